The van der Waals surface area contributed by atoms with Crippen molar-refractivity contribution in [2.75, 3.05) is 18.0 Å². The number of aromatic amines is 1. The molecule has 0 aliphatic carbocycles. The molecule has 0 radical (unpaired) electrons. The van der Waals surface area contributed by atoms with Crippen LogP contribution in [0.1, 0.15) is 33.1 Å². The van der Waals surface area contributed by atoms with E-state index in [2.05, 4.69) is 15.0 Å². The van der Waals surface area contributed by atoms with E-state index in [0.717, 1.165) is 29.8 Å². The van der Waals surface area contributed by atoms with Gasteiger partial charge in [-0.25, -0.2) is 18.7 Å². The number of fused-ring (bicyclic) bond motifs is 1. The maximum absolute atomic E-state index is 14.3. The van der Waals surface area contributed by atoms with Crippen LogP contribution in [-0.4, -0.2) is 34.0 Å². The van der Waals surface area contributed by atoms with Gasteiger partial charge in [0.05, 0.1) is 5.39 Å². The Bertz CT molecular complexity index is 639. The zero-order chi connectivity index (χ0) is 15.1. The van der Waals surface area contributed by atoms with Crippen molar-refractivity contribution < 1.29 is 8.78 Å². The van der Waals surface area contributed by atoms with Crippen LogP contribution in [0.3, 0.4) is 0 Å². The highest BCUT2D eigenvalue weighted by Crippen LogP contribution is 2.46. The van der Waals surface area contributed by atoms with Crippen LogP contribution in [-0.2, 0) is 0 Å². The Morgan fingerprint density at radius 3 is 3.00 bits per heavy atom. The molecule has 1 unspecified atom stereocenters. The van der Waals surface area contributed by atoms with Crippen molar-refractivity contribution >= 4 is 16.9 Å². The van der Waals surface area contributed by atoms with Crippen LogP contribution in [0.5, 0.6) is 0 Å². The molecule has 2 aromatic heterocycles. The number of rotatable bonds is 3. The van der Waals surface area contributed by atoms with Gasteiger partial charge in [0.1, 0.15) is 17.8 Å². The summed E-state index contributed by atoms with van der Waals surface area (Å²) in [6.07, 6.45) is 4.46. The summed E-state index contributed by atoms with van der Waals surface area (Å²) in [5, 5.41) is 0.890. The zero-order valence-electron chi connectivity index (χ0n) is 12.4. The number of aromatic nitrogens is 3. The molecule has 0 amide bonds. The highest BCUT2D eigenvalue weighted by Gasteiger charge is 2.50. The normalized spacial score (nSPS) is 23.7. The van der Waals surface area contributed by atoms with E-state index in [1.165, 1.54) is 6.33 Å². The lowest BCUT2D eigenvalue weighted by molar-refractivity contribution is -0.121. The van der Waals surface area contributed by atoms with E-state index in [9.17, 15) is 8.78 Å². The van der Waals surface area contributed by atoms with Gasteiger partial charge < -0.3 is 9.88 Å². The maximum Gasteiger partial charge on any atom is 0.254 e. The third-order valence-corrected chi connectivity index (χ3v) is 4.66. The van der Waals surface area contributed by atoms with Gasteiger partial charge >= 0.3 is 0 Å². The molecule has 21 heavy (non-hydrogen) atoms. The predicted molar refractivity (Wildman–Crippen MR) is 78.7 cm³/mol. The van der Waals surface area contributed by atoms with Crippen LogP contribution in [0.15, 0.2) is 18.6 Å². The average Bonchev–Trinajstić information content (AvgIpc) is 2.95. The summed E-state index contributed by atoms with van der Waals surface area (Å²) < 4.78 is 28.6. The summed E-state index contributed by atoms with van der Waals surface area (Å²) >= 11 is 0. The Balaban J connectivity index is 1.95. The van der Waals surface area contributed by atoms with Crippen LogP contribution in [0.25, 0.3) is 11.0 Å². The van der Waals surface area contributed by atoms with Gasteiger partial charge in [-0.15, -0.1) is 0 Å². The quantitative estimate of drug-likeness (QED) is 0.940. The molecule has 1 aliphatic heterocycles. The molecule has 1 atom stereocenters. The minimum absolute atomic E-state index is 0.124. The van der Waals surface area contributed by atoms with Crippen LogP contribution < -0.4 is 4.90 Å². The van der Waals surface area contributed by atoms with Gasteiger partial charge in [0, 0.05) is 31.1 Å². The zero-order valence-corrected chi connectivity index (χ0v) is 12.4. The summed E-state index contributed by atoms with van der Waals surface area (Å²) in [6.45, 7) is 4.33. The molecule has 1 aliphatic rings. The molecule has 2 aromatic rings. The first-order valence-electron chi connectivity index (χ1n) is 7.38. The van der Waals surface area contributed by atoms with Gasteiger partial charge in [0.15, 0.2) is 0 Å². The molecule has 0 saturated carbocycles. The third-order valence-electron chi connectivity index (χ3n) is 4.66. The molecule has 1 saturated heterocycles. The molecule has 1 fully saturated rings. The lowest BCUT2D eigenvalue weighted by atomic mass is 9.75. The van der Waals surface area contributed by atoms with Gasteiger partial charge in [0.25, 0.3) is 5.92 Å². The van der Waals surface area contributed by atoms with Crippen molar-refractivity contribution in [3.63, 3.8) is 0 Å². The van der Waals surface area contributed by atoms with E-state index in [1.54, 1.807) is 20.0 Å². The van der Waals surface area contributed by atoms with E-state index in [-0.39, 0.29) is 6.42 Å². The second kappa shape index (κ2) is 4.93. The standard InChI is InChI=1S/C15H20F2N4/c1-3-15(16,17)14(2)6-4-8-21(9-14)13-11-5-7-18-12(11)19-10-20-13/h5,7,10H,3-4,6,8-9H2,1-2H3,(H,18,19,20). The second-order valence-corrected chi connectivity index (χ2v) is 6.08. The number of halogens is 2. The van der Waals surface area contributed by atoms with Gasteiger partial charge in [0.2, 0.25) is 0 Å². The Morgan fingerprint density at radius 1 is 1.43 bits per heavy atom. The van der Waals surface area contributed by atoms with Crippen molar-refractivity contribution in [3.05, 3.63) is 18.6 Å². The lowest BCUT2D eigenvalue weighted by Crippen LogP contribution is -2.51. The number of nitrogens with zero attached hydrogens (tertiary/aromatic N) is 3. The first-order valence-corrected chi connectivity index (χ1v) is 7.38. The summed E-state index contributed by atoms with van der Waals surface area (Å²) in [7, 11) is 0. The number of alkyl halides is 2. The van der Waals surface area contributed by atoms with Crippen molar-refractivity contribution in [3.8, 4) is 0 Å². The summed E-state index contributed by atoms with van der Waals surface area (Å²) in [4.78, 5) is 13.5. The number of piperidine rings is 1. The number of hydrogen-bond acceptors (Lipinski definition) is 3. The maximum atomic E-state index is 14.3. The smallest absolute Gasteiger partial charge is 0.254 e. The lowest BCUT2D eigenvalue weighted by Gasteiger charge is -2.45. The number of anilines is 1. The first-order chi connectivity index (χ1) is 9.97. The predicted octanol–water partition coefficient (Wildman–Crippen LogP) is 3.61. The van der Waals surface area contributed by atoms with E-state index < -0.39 is 11.3 Å². The van der Waals surface area contributed by atoms with Gasteiger partial charge in [-0.05, 0) is 18.9 Å². The number of hydrogen-bond donors (Lipinski definition) is 1. The van der Waals surface area contributed by atoms with Gasteiger partial charge in [-0.1, -0.05) is 13.8 Å². The Kier molecular flexibility index (Phi) is 3.34. The molecular formula is C15H20F2N4. The van der Waals surface area contributed by atoms with Crippen LogP contribution in [0.2, 0.25) is 0 Å². The summed E-state index contributed by atoms with van der Waals surface area (Å²) in [5.74, 6) is -1.91. The SMILES string of the molecule is CCC(F)(F)C1(C)CCCN(c2ncnc3[nH]ccc23)C1. The number of H-pyrrole nitrogens is 1. The molecule has 3 heterocycles. The van der Waals surface area contributed by atoms with E-state index in [0.29, 0.717) is 13.0 Å². The Labute approximate surface area is 122 Å². The molecule has 0 spiro atoms. The van der Waals surface area contributed by atoms with Crippen LogP contribution in [0, 0.1) is 5.41 Å². The fraction of sp³-hybridized carbons (Fsp3) is 0.600. The Morgan fingerprint density at radius 2 is 2.24 bits per heavy atom. The molecule has 4 nitrogen and oxygen atoms in total. The molecule has 0 aromatic carbocycles. The molecular weight excluding hydrogens is 274 g/mol. The van der Waals surface area contributed by atoms with Crippen molar-refractivity contribution in [2.45, 2.75) is 39.0 Å². The van der Waals surface area contributed by atoms with E-state index in [4.69, 9.17) is 0 Å². The Hall–Kier alpha value is -1.72. The van der Waals surface area contributed by atoms with Gasteiger partial charge in [-0.3, -0.25) is 0 Å². The molecule has 3 rings (SSSR count). The van der Waals surface area contributed by atoms with Crippen LogP contribution in [0.4, 0.5) is 14.6 Å². The monoisotopic (exact) mass is 294 g/mol. The van der Waals surface area contributed by atoms with Gasteiger partial charge in [-0.2, -0.15) is 0 Å². The highest BCUT2D eigenvalue weighted by molar-refractivity contribution is 5.87. The topological polar surface area (TPSA) is 44.8 Å². The molecule has 0 bridgehead atoms. The van der Waals surface area contributed by atoms with Crippen molar-refractivity contribution in [1.29, 1.82) is 0 Å². The molecule has 6 heteroatoms. The minimum Gasteiger partial charge on any atom is -0.355 e. The summed E-state index contributed by atoms with van der Waals surface area (Å²) in [6, 6.07) is 1.90. The summed E-state index contributed by atoms with van der Waals surface area (Å²) in [5.41, 5.74) is -0.261. The first kappa shape index (κ1) is 14.2. The fourth-order valence-corrected chi connectivity index (χ4v) is 3.26. The number of nitrogens with one attached hydrogen (secondary N) is 1. The largest absolute Gasteiger partial charge is 0.355 e. The van der Waals surface area contributed by atoms with E-state index >= 15 is 0 Å². The van der Waals surface area contributed by atoms with Crippen LogP contribution >= 0.6 is 0 Å². The minimum atomic E-state index is -2.66. The van der Waals surface area contributed by atoms with Crippen molar-refractivity contribution in [2.24, 2.45) is 5.41 Å². The molecule has 114 valence electrons. The fourth-order valence-electron chi connectivity index (χ4n) is 3.26. The van der Waals surface area contributed by atoms with Crippen molar-refractivity contribution in [1.82, 2.24) is 15.0 Å². The average molecular weight is 294 g/mol. The van der Waals surface area contributed by atoms with E-state index in [1.807, 2.05) is 11.0 Å². The third kappa shape index (κ3) is 2.26. The second-order valence-electron chi connectivity index (χ2n) is 6.08. The highest BCUT2D eigenvalue weighted by atomic mass is 19.3. The molecule has 1 N–H and O–H groups in total.